The minimum atomic E-state index is -0.0858. The number of hydrogen-bond donors (Lipinski definition) is 1. The van der Waals surface area contributed by atoms with Gasteiger partial charge in [0, 0.05) is 22.3 Å². The first-order valence-corrected chi connectivity index (χ1v) is 8.92. The summed E-state index contributed by atoms with van der Waals surface area (Å²) >= 11 is 7.56. The van der Waals surface area contributed by atoms with E-state index in [2.05, 4.69) is 15.4 Å². The lowest BCUT2D eigenvalue weighted by atomic mass is 10.2. The van der Waals surface area contributed by atoms with Gasteiger partial charge in [0.2, 0.25) is 5.91 Å². The molecule has 2 heterocycles. The maximum Gasteiger partial charge on any atom is 0.230 e. The number of nitrogens with one attached hydrogen (secondary N) is 1. The molecular weight excluding hydrogens is 344 g/mol. The van der Waals surface area contributed by atoms with Gasteiger partial charge in [-0.2, -0.15) is 5.10 Å². The molecule has 1 aliphatic rings. The number of hydrogen-bond acceptors (Lipinski definition) is 4. The van der Waals surface area contributed by atoms with E-state index in [4.69, 9.17) is 11.6 Å². The highest BCUT2D eigenvalue weighted by atomic mass is 35.5. The van der Waals surface area contributed by atoms with Crippen LogP contribution in [0.25, 0.3) is 5.69 Å². The Morgan fingerprint density at radius 1 is 1.38 bits per heavy atom. The molecule has 7 heteroatoms. The molecule has 1 amide bonds. The third-order valence-corrected chi connectivity index (χ3v) is 5.13. The van der Waals surface area contributed by atoms with Crippen molar-refractivity contribution in [1.82, 2.24) is 14.8 Å². The molecule has 1 aromatic carbocycles. The summed E-state index contributed by atoms with van der Waals surface area (Å²) in [5.74, 6) is 0.571. The Bertz CT molecular complexity index is 884. The number of thiazole rings is 1. The fraction of sp³-hybridized carbons (Fsp3) is 0.235. The van der Waals surface area contributed by atoms with Crippen molar-refractivity contribution < 1.29 is 4.79 Å². The molecule has 1 saturated carbocycles. The molecule has 2 aromatic heterocycles. The lowest BCUT2D eigenvalue weighted by molar-refractivity contribution is -0.115. The number of anilines is 1. The molecule has 0 saturated heterocycles. The number of carbonyl (C=O) groups is 1. The Morgan fingerprint density at radius 3 is 3.04 bits per heavy atom. The Balaban J connectivity index is 1.40. The summed E-state index contributed by atoms with van der Waals surface area (Å²) in [5.41, 5.74) is 1.70. The van der Waals surface area contributed by atoms with Crippen LogP contribution < -0.4 is 5.32 Å². The molecule has 0 bridgehead atoms. The Morgan fingerprint density at radius 2 is 2.25 bits per heavy atom. The van der Waals surface area contributed by atoms with Gasteiger partial charge in [-0.3, -0.25) is 4.79 Å². The summed E-state index contributed by atoms with van der Waals surface area (Å²) in [6.45, 7) is 0. The quantitative estimate of drug-likeness (QED) is 0.748. The van der Waals surface area contributed by atoms with Gasteiger partial charge >= 0.3 is 0 Å². The average molecular weight is 359 g/mol. The smallest absolute Gasteiger partial charge is 0.230 e. The molecule has 1 fully saturated rings. The van der Waals surface area contributed by atoms with E-state index in [9.17, 15) is 4.79 Å². The van der Waals surface area contributed by atoms with E-state index in [1.807, 2.05) is 36.7 Å². The SMILES string of the molecule is O=C(Cc1cnn(-c2cccc(Cl)c2)c1)Nc1ncc(C2CC2)s1. The van der Waals surface area contributed by atoms with E-state index in [-0.39, 0.29) is 12.3 Å². The normalized spacial score (nSPS) is 13.9. The van der Waals surface area contributed by atoms with E-state index in [0.717, 1.165) is 11.3 Å². The molecule has 0 unspecified atom stereocenters. The van der Waals surface area contributed by atoms with Crippen molar-refractivity contribution in [1.29, 1.82) is 0 Å². The van der Waals surface area contributed by atoms with Gasteiger partial charge in [0.05, 0.1) is 18.3 Å². The molecule has 3 aromatic rings. The molecule has 0 aliphatic heterocycles. The second kappa shape index (κ2) is 6.37. The molecule has 24 heavy (non-hydrogen) atoms. The zero-order chi connectivity index (χ0) is 16.5. The van der Waals surface area contributed by atoms with Gasteiger partial charge in [0.1, 0.15) is 0 Å². The van der Waals surface area contributed by atoms with Crippen LogP contribution in [0.3, 0.4) is 0 Å². The predicted octanol–water partition coefficient (Wildman–Crippen LogP) is 4.04. The monoisotopic (exact) mass is 358 g/mol. The lowest BCUT2D eigenvalue weighted by Crippen LogP contribution is -2.13. The number of nitrogens with zero attached hydrogens (tertiary/aromatic N) is 3. The maximum absolute atomic E-state index is 12.2. The van der Waals surface area contributed by atoms with E-state index >= 15 is 0 Å². The first-order chi connectivity index (χ1) is 11.7. The Labute approximate surface area is 148 Å². The number of aromatic nitrogens is 3. The van der Waals surface area contributed by atoms with Crippen molar-refractivity contribution in [3.05, 3.63) is 58.3 Å². The van der Waals surface area contributed by atoms with Gasteiger partial charge in [-0.05, 0) is 42.5 Å². The zero-order valence-electron chi connectivity index (χ0n) is 12.8. The zero-order valence-corrected chi connectivity index (χ0v) is 14.3. The van der Waals surface area contributed by atoms with Crippen molar-refractivity contribution in [2.75, 3.05) is 5.32 Å². The summed E-state index contributed by atoms with van der Waals surface area (Å²) in [6.07, 6.45) is 8.13. The van der Waals surface area contributed by atoms with Crippen LogP contribution in [-0.2, 0) is 11.2 Å². The van der Waals surface area contributed by atoms with E-state index in [0.29, 0.717) is 16.1 Å². The van der Waals surface area contributed by atoms with Crippen LogP contribution in [0.1, 0.15) is 29.2 Å². The van der Waals surface area contributed by atoms with Crippen LogP contribution in [0.15, 0.2) is 42.9 Å². The van der Waals surface area contributed by atoms with Crippen LogP contribution in [0.2, 0.25) is 5.02 Å². The topological polar surface area (TPSA) is 59.8 Å². The summed E-state index contributed by atoms with van der Waals surface area (Å²) in [4.78, 5) is 17.7. The first kappa shape index (κ1) is 15.4. The molecule has 4 rings (SSSR count). The van der Waals surface area contributed by atoms with Gasteiger partial charge in [-0.15, -0.1) is 11.3 Å². The van der Waals surface area contributed by atoms with Gasteiger partial charge in [-0.25, -0.2) is 9.67 Å². The van der Waals surface area contributed by atoms with Crippen LogP contribution >= 0.6 is 22.9 Å². The molecule has 122 valence electrons. The second-order valence-electron chi connectivity index (χ2n) is 5.84. The molecule has 1 N–H and O–H groups in total. The highest BCUT2D eigenvalue weighted by Crippen LogP contribution is 2.43. The van der Waals surface area contributed by atoms with Gasteiger partial charge in [0.25, 0.3) is 0 Å². The number of amides is 1. The van der Waals surface area contributed by atoms with E-state index < -0.39 is 0 Å². The van der Waals surface area contributed by atoms with Crippen molar-refractivity contribution in [2.45, 2.75) is 25.2 Å². The van der Waals surface area contributed by atoms with Crippen LogP contribution in [0, 0.1) is 0 Å². The standard InChI is InChI=1S/C17H15ClN4OS/c18-13-2-1-3-14(7-13)22-10-11(8-20-22)6-16(23)21-17-19-9-15(24-17)12-4-5-12/h1-3,7-10,12H,4-6H2,(H,19,21,23). The van der Waals surface area contributed by atoms with Crippen LogP contribution in [0.5, 0.6) is 0 Å². The van der Waals surface area contributed by atoms with Gasteiger partial charge < -0.3 is 5.32 Å². The fourth-order valence-corrected chi connectivity index (χ4v) is 3.65. The summed E-state index contributed by atoms with van der Waals surface area (Å²) in [7, 11) is 0. The average Bonchev–Trinajstić information content (AvgIpc) is 3.13. The molecule has 1 aliphatic carbocycles. The minimum Gasteiger partial charge on any atom is -0.302 e. The highest BCUT2D eigenvalue weighted by molar-refractivity contribution is 7.15. The van der Waals surface area contributed by atoms with Crippen molar-refractivity contribution in [2.24, 2.45) is 0 Å². The number of rotatable bonds is 5. The van der Waals surface area contributed by atoms with Crippen molar-refractivity contribution in [3.8, 4) is 5.69 Å². The third kappa shape index (κ3) is 3.49. The minimum absolute atomic E-state index is 0.0858. The van der Waals surface area contributed by atoms with Crippen LogP contribution in [-0.4, -0.2) is 20.7 Å². The summed E-state index contributed by atoms with van der Waals surface area (Å²) < 4.78 is 1.71. The van der Waals surface area contributed by atoms with Crippen LogP contribution in [0.4, 0.5) is 5.13 Å². The van der Waals surface area contributed by atoms with E-state index in [1.165, 1.54) is 17.7 Å². The first-order valence-electron chi connectivity index (χ1n) is 7.72. The molecule has 0 spiro atoms. The maximum atomic E-state index is 12.2. The third-order valence-electron chi connectivity index (χ3n) is 3.82. The molecular formula is C17H15ClN4OS. The van der Waals surface area contributed by atoms with E-state index in [1.54, 1.807) is 22.2 Å². The van der Waals surface area contributed by atoms with Crippen molar-refractivity contribution in [3.63, 3.8) is 0 Å². The predicted molar refractivity (Wildman–Crippen MR) is 95.0 cm³/mol. The molecule has 0 atom stereocenters. The summed E-state index contributed by atoms with van der Waals surface area (Å²) in [5, 5.41) is 8.47. The van der Waals surface area contributed by atoms with Gasteiger partial charge in [0.15, 0.2) is 5.13 Å². The number of carbonyl (C=O) groups excluding carboxylic acids is 1. The fourth-order valence-electron chi connectivity index (χ4n) is 2.46. The Kier molecular flexibility index (Phi) is 4.08. The number of halogens is 1. The largest absolute Gasteiger partial charge is 0.302 e. The summed E-state index contributed by atoms with van der Waals surface area (Å²) in [6, 6.07) is 7.42. The van der Waals surface area contributed by atoms with Gasteiger partial charge in [-0.1, -0.05) is 17.7 Å². The Hall–Kier alpha value is -2.18. The number of benzene rings is 1. The molecule has 5 nitrogen and oxygen atoms in total. The second-order valence-corrected chi connectivity index (χ2v) is 7.34. The van der Waals surface area contributed by atoms with Crippen molar-refractivity contribution >= 4 is 34.0 Å². The lowest BCUT2D eigenvalue weighted by Gasteiger charge is -2.01. The molecule has 0 radical (unpaired) electrons. The highest BCUT2D eigenvalue weighted by Gasteiger charge is 2.25.